The minimum atomic E-state index is -1.13. The van der Waals surface area contributed by atoms with Gasteiger partial charge in [0.15, 0.2) is 11.6 Å². The Labute approximate surface area is 123 Å². The molecule has 2 heterocycles. The number of thiazole rings is 1. The van der Waals surface area contributed by atoms with Gasteiger partial charge in [0.05, 0.1) is 22.5 Å². The number of carbonyl (C=O) groups is 2. The summed E-state index contributed by atoms with van der Waals surface area (Å²) in [5.41, 5.74) is 2.61. The average Bonchev–Trinajstić information content (AvgIpc) is 2.95. The van der Waals surface area contributed by atoms with Crippen molar-refractivity contribution in [3.63, 3.8) is 0 Å². The van der Waals surface area contributed by atoms with Crippen LogP contribution in [0.2, 0.25) is 0 Å². The predicted octanol–water partition coefficient (Wildman–Crippen LogP) is 2.50. The lowest BCUT2D eigenvalue weighted by Gasteiger charge is -2.16. The quantitative estimate of drug-likeness (QED) is 0.819. The zero-order valence-electron chi connectivity index (χ0n) is 11.0. The molecule has 0 saturated heterocycles. The summed E-state index contributed by atoms with van der Waals surface area (Å²) in [4.78, 5) is 30.0. The minimum Gasteiger partial charge on any atom is -0.304 e. The number of nitrogens with zero attached hydrogens (tertiary/aromatic N) is 2. The first-order valence-electron chi connectivity index (χ1n) is 6.23. The number of aryl methyl sites for hydroxylation is 1. The lowest BCUT2D eigenvalue weighted by molar-refractivity contribution is -0.114. The fraction of sp³-hybridized carbons (Fsp3) is 0.214. The second-order valence-corrected chi connectivity index (χ2v) is 5.62. The Hall–Kier alpha value is -2.15. The Balaban J connectivity index is 1.90. The molecule has 21 heavy (non-hydrogen) atoms. The maximum absolute atomic E-state index is 13.3. The van der Waals surface area contributed by atoms with Gasteiger partial charge in [0.25, 0.3) is 11.7 Å². The largest absolute Gasteiger partial charge is 0.304 e. The number of benzene rings is 1. The van der Waals surface area contributed by atoms with Gasteiger partial charge in [-0.05, 0) is 13.0 Å². The highest BCUT2D eigenvalue weighted by Gasteiger charge is 2.36. The van der Waals surface area contributed by atoms with E-state index in [1.54, 1.807) is 5.51 Å². The number of halogens is 2. The van der Waals surface area contributed by atoms with Gasteiger partial charge in [-0.2, -0.15) is 0 Å². The molecule has 0 bridgehead atoms. The molecule has 0 aliphatic carbocycles. The highest BCUT2D eigenvalue weighted by atomic mass is 32.1. The number of hydrogen-bond acceptors (Lipinski definition) is 4. The van der Waals surface area contributed by atoms with Gasteiger partial charge in [-0.3, -0.25) is 9.59 Å². The number of aromatic nitrogens is 1. The number of Topliss-reactive ketones (excluding diaryl/α,β-unsaturated/α-hetero) is 1. The van der Waals surface area contributed by atoms with Crippen LogP contribution in [0.3, 0.4) is 0 Å². The summed E-state index contributed by atoms with van der Waals surface area (Å²) >= 11 is 1.45. The van der Waals surface area contributed by atoms with Crippen LogP contribution in [0.15, 0.2) is 17.6 Å². The molecule has 4 nitrogen and oxygen atoms in total. The molecule has 0 radical (unpaired) electrons. The number of ketones is 1. The van der Waals surface area contributed by atoms with Crippen LogP contribution in [-0.2, 0) is 11.2 Å². The minimum absolute atomic E-state index is 0.0834. The Morgan fingerprint density at radius 1 is 1.24 bits per heavy atom. The van der Waals surface area contributed by atoms with Crippen LogP contribution in [-0.4, -0.2) is 23.2 Å². The Morgan fingerprint density at radius 2 is 1.95 bits per heavy atom. The van der Waals surface area contributed by atoms with Crippen LogP contribution in [0, 0.1) is 18.6 Å². The van der Waals surface area contributed by atoms with E-state index < -0.39 is 23.3 Å². The highest BCUT2D eigenvalue weighted by Crippen LogP contribution is 2.31. The lowest BCUT2D eigenvalue weighted by atomic mass is 10.1. The summed E-state index contributed by atoms with van der Waals surface area (Å²) in [6, 6.07) is 1.68. The molecule has 3 rings (SSSR count). The number of carbonyl (C=O) groups excluding carboxylic acids is 2. The molecule has 0 fully saturated rings. The van der Waals surface area contributed by atoms with Crippen LogP contribution in [0.5, 0.6) is 0 Å². The van der Waals surface area contributed by atoms with E-state index in [1.165, 1.54) is 16.2 Å². The molecule has 1 aromatic heterocycles. The molecule has 0 saturated carbocycles. The molecule has 7 heteroatoms. The zero-order chi connectivity index (χ0) is 15.1. The van der Waals surface area contributed by atoms with Gasteiger partial charge in [0, 0.05) is 23.9 Å². The van der Waals surface area contributed by atoms with E-state index in [0.717, 1.165) is 22.7 Å². The third-order valence-corrected chi connectivity index (χ3v) is 4.42. The van der Waals surface area contributed by atoms with Crippen molar-refractivity contribution in [2.24, 2.45) is 0 Å². The van der Waals surface area contributed by atoms with E-state index in [1.807, 2.05) is 6.92 Å². The van der Waals surface area contributed by atoms with Crippen LogP contribution in [0.1, 0.15) is 20.9 Å². The average molecular weight is 308 g/mol. The molecular formula is C14H10F2N2O2S. The van der Waals surface area contributed by atoms with Gasteiger partial charge in [0.1, 0.15) is 0 Å². The van der Waals surface area contributed by atoms with Gasteiger partial charge >= 0.3 is 0 Å². The molecule has 2 aromatic rings. The number of rotatable bonds is 3. The van der Waals surface area contributed by atoms with Gasteiger partial charge in [0.2, 0.25) is 0 Å². The Bertz CT molecular complexity index is 757. The number of anilines is 1. The summed E-state index contributed by atoms with van der Waals surface area (Å²) in [5, 5.41) is 0. The first kappa shape index (κ1) is 13.8. The summed E-state index contributed by atoms with van der Waals surface area (Å²) in [5.74, 6) is -3.76. The summed E-state index contributed by atoms with van der Waals surface area (Å²) in [6.45, 7) is 2.08. The van der Waals surface area contributed by atoms with Crippen LogP contribution in [0.4, 0.5) is 14.5 Å². The van der Waals surface area contributed by atoms with Gasteiger partial charge in [-0.15, -0.1) is 11.3 Å². The van der Waals surface area contributed by atoms with E-state index in [9.17, 15) is 18.4 Å². The van der Waals surface area contributed by atoms with Crippen LogP contribution >= 0.6 is 11.3 Å². The molecule has 0 spiro atoms. The van der Waals surface area contributed by atoms with Crippen molar-refractivity contribution in [3.8, 4) is 0 Å². The first-order chi connectivity index (χ1) is 9.99. The van der Waals surface area contributed by atoms with Crippen molar-refractivity contribution in [3.05, 3.63) is 45.4 Å². The summed E-state index contributed by atoms with van der Waals surface area (Å²) < 4.78 is 26.5. The topological polar surface area (TPSA) is 50.3 Å². The maximum atomic E-state index is 13.3. The van der Waals surface area contributed by atoms with E-state index in [-0.39, 0.29) is 17.8 Å². The van der Waals surface area contributed by atoms with E-state index in [2.05, 4.69) is 4.98 Å². The second-order valence-electron chi connectivity index (χ2n) is 4.68. The molecule has 1 aliphatic heterocycles. The van der Waals surface area contributed by atoms with Gasteiger partial charge in [-0.1, -0.05) is 0 Å². The fourth-order valence-corrected chi connectivity index (χ4v) is 3.06. The van der Waals surface area contributed by atoms with Gasteiger partial charge in [-0.25, -0.2) is 13.8 Å². The SMILES string of the molecule is Cc1ncsc1CCN1C(=O)C(=O)c2cc(F)c(F)cc21. The molecule has 0 atom stereocenters. The van der Waals surface area contributed by atoms with Crippen molar-refractivity contribution in [2.75, 3.05) is 11.4 Å². The number of fused-ring (bicyclic) bond motifs is 1. The standard InChI is InChI=1S/C14H10F2N2O2S/c1-7-12(21-6-17-7)2-3-18-11-5-10(16)9(15)4-8(11)13(19)14(18)20/h4-6H,2-3H2,1H3. The molecule has 1 amide bonds. The molecule has 1 aliphatic rings. The van der Waals surface area contributed by atoms with Gasteiger partial charge < -0.3 is 4.90 Å². The molecule has 108 valence electrons. The maximum Gasteiger partial charge on any atom is 0.299 e. The van der Waals surface area contributed by atoms with E-state index in [0.29, 0.717) is 6.42 Å². The molecular weight excluding hydrogens is 298 g/mol. The van der Waals surface area contributed by atoms with Crippen molar-refractivity contribution < 1.29 is 18.4 Å². The molecule has 0 N–H and O–H groups in total. The summed E-state index contributed by atoms with van der Waals surface area (Å²) in [7, 11) is 0. The summed E-state index contributed by atoms with van der Waals surface area (Å²) in [6.07, 6.45) is 0.508. The second kappa shape index (κ2) is 5.00. The Morgan fingerprint density at radius 3 is 2.62 bits per heavy atom. The first-order valence-corrected chi connectivity index (χ1v) is 7.11. The molecule has 0 unspecified atom stereocenters. The van der Waals surface area contributed by atoms with E-state index in [4.69, 9.17) is 0 Å². The Kier molecular flexibility index (Phi) is 3.29. The van der Waals surface area contributed by atoms with Crippen molar-refractivity contribution in [1.82, 2.24) is 4.98 Å². The molecule has 1 aromatic carbocycles. The predicted molar refractivity (Wildman–Crippen MR) is 73.6 cm³/mol. The third kappa shape index (κ3) is 2.23. The zero-order valence-corrected chi connectivity index (χ0v) is 11.8. The fourth-order valence-electron chi connectivity index (χ4n) is 2.29. The lowest BCUT2D eigenvalue weighted by Crippen LogP contribution is -2.31. The number of hydrogen-bond donors (Lipinski definition) is 0. The smallest absolute Gasteiger partial charge is 0.299 e. The van der Waals surface area contributed by atoms with E-state index >= 15 is 0 Å². The van der Waals surface area contributed by atoms with Crippen LogP contribution < -0.4 is 4.90 Å². The normalized spacial score (nSPS) is 14.0. The monoisotopic (exact) mass is 308 g/mol. The third-order valence-electron chi connectivity index (χ3n) is 3.42. The highest BCUT2D eigenvalue weighted by molar-refractivity contribution is 7.09. The van der Waals surface area contributed by atoms with Crippen LogP contribution in [0.25, 0.3) is 0 Å². The van der Waals surface area contributed by atoms with Crippen molar-refractivity contribution in [2.45, 2.75) is 13.3 Å². The van der Waals surface area contributed by atoms with Crippen molar-refractivity contribution in [1.29, 1.82) is 0 Å². The van der Waals surface area contributed by atoms with Crippen molar-refractivity contribution >= 4 is 28.7 Å². The number of amides is 1.